The topological polar surface area (TPSA) is 96.4 Å². The molecule has 4 aliphatic rings. The predicted octanol–water partition coefficient (Wildman–Crippen LogP) is 4.86. The lowest BCUT2D eigenvalue weighted by Gasteiger charge is -2.46. The predicted molar refractivity (Wildman–Crippen MR) is 146 cm³/mol. The minimum Gasteiger partial charge on any atom is -0.498 e. The van der Waals surface area contributed by atoms with E-state index in [1.807, 2.05) is 31.2 Å². The number of allylic oxidation sites excluding steroid dienone is 2. The van der Waals surface area contributed by atoms with Crippen LogP contribution in [0.4, 0.5) is 0 Å². The van der Waals surface area contributed by atoms with Gasteiger partial charge in [0.25, 0.3) is 5.91 Å². The summed E-state index contributed by atoms with van der Waals surface area (Å²) < 4.78 is 12.5. The molecule has 0 aromatic heterocycles. The van der Waals surface area contributed by atoms with E-state index in [2.05, 4.69) is 26.8 Å². The van der Waals surface area contributed by atoms with Gasteiger partial charge in [-0.25, -0.2) is 0 Å². The molecule has 0 saturated carbocycles. The average Bonchev–Trinajstić information content (AvgIpc) is 3.10. The summed E-state index contributed by atoms with van der Waals surface area (Å²) in [6.45, 7) is 9.07. The average molecular weight is 555 g/mol. The minimum absolute atomic E-state index is 0.141. The molecule has 3 heterocycles. The van der Waals surface area contributed by atoms with Crippen LogP contribution in [0.2, 0.25) is 5.02 Å². The summed E-state index contributed by atoms with van der Waals surface area (Å²) >= 11 is 6.64. The zero-order valence-corrected chi connectivity index (χ0v) is 23.5. The molecule has 5 rings (SSSR count). The molecule has 8 nitrogen and oxygen atoms in total. The number of piperidine rings is 1. The molecule has 208 valence electrons. The fourth-order valence-corrected chi connectivity index (χ4v) is 6.15. The van der Waals surface area contributed by atoms with Crippen molar-refractivity contribution in [3.8, 4) is 0 Å². The second kappa shape index (κ2) is 10.4. The molecule has 1 fully saturated rings. The van der Waals surface area contributed by atoms with Crippen LogP contribution < -0.4 is 0 Å². The monoisotopic (exact) mass is 554 g/mol. The summed E-state index contributed by atoms with van der Waals surface area (Å²) in [7, 11) is 0. The quantitative estimate of drug-likeness (QED) is 0.571. The number of carboxylic acid groups (broad SMARTS) is 1. The summed E-state index contributed by atoms with van der Waals surface area (Å²) in [6.07, 6.45) is 3.68. The number of hydrogen-bond donors (Lipinski definition) is 1. The van der Waals surface area contributed by atoms with E-state index in [1.54, 1.807) is 16.1 Å². The van der Waals surface area contributed by atoms with Crippen molar-refractivity contribution in [2.24, 2.45) is 11.3 Å². The molecule has 1 aliphatic carbocycles. The molecular weight excluding hydrogens is 520 g/mol. The first-order valence-corrected chi connectivity index (χ1v) is 13.8. The summed E-state index contributed by atoms with van der Waals surface area (Å²) in [4.78, 5) is 42.5. The Hall–Kier alpha value is -3.26. The van der Waals surface area contributed by atoms with E-state index in [0.717, 1.165) is 16.7 Å². The lowest BCUT2D eigenvalue weighted by atomic mass is 9.81. The van der Waals surface area contributed by atoms with Crippen molar-refractivity contribution < 1.29 is 29.0 Å². The molecule has 39 heavy (non-hydrogen) atoms. The molecule has 0 radical (unpaired) electrons. The largest absolute Gasteiger partial charge is 0.498 e. The van der Waals surface area contributed by atoms with Crippen LogP contribution in [0.15, 0.2) is 59.2 Å². The second-order valence-electron chi connectivity index (χ2n) is 11.8. The summed E-state index contributed by atoms with van der Waals surface area (Å²) in [5, 5.41) is 10.1. The third kappa shape index (κ3) is 5.07. The Labute approximate surface area is 233 Å². The third-order valence-corrected chi connectivity index (χ3v) is 8.47. The highest BCUT2D eigenvalue weighted by Gasteiger charge is 2.49. The molecule has 1 aromatic rings. The Kier molecular flexibility index (Phi) is 7.27. The Morgan fingerprint density at radius 3 is 2.64 bits per heavy atom. The zero-order chi connectivity index (χ0) is 28.1. The van der Waals surface area contributed by atoms with Crippen molar-refractivity contribution in [3.63, 3.8) is 0 Å². The number of amides is 2. The van der Waals surface area contributed by atoms with Crippen molar-refractivity contribution in [2.75, 3.05) is 19.7 Å². The van der Waals surface area contributed by atoms with Crippen LogP contribution in [0.3, 0.4) is 0 Å². The van der Waals surface area contributed by atoms with Gasteiger partial charge in [-0.05, 0) is 42.4 Å². The fourth-order valence-electron chi connectivity index (χ4n) is 5.90. The molecule has 0 unspecified atom stereocenters. The normalized spacial score (nSPS) is 27.1. The number of carbonyl (C=O) groups excluding carboxylic acids is 2. The molecular formula is C30H35ClN2O6. The Balaban J connectivity index is 1.56. The minimum atomic E-state index is -1.05. The Morgan fingerprint density at radius 1 is 1.21 bits per heavy atom. The number of benzene rings is 1. The van der Waals surface area contributed by atoms with Crippen LogP contribution in [-0.4, -0.2) is 64.5 Å². The number of rotatable bonds is 4. The smallest absolute Gasteiger partial charge is 0.308 e. The molecule has 0 bridgehead atoms. The van der Waals surface area contributed by atoms with Gasteiger partial charge in [0.2, 0.25) is 5.91 Å². The second-order valence-corrected chi connectivity index (χ2v) is 12.3. The van der Waals surface area contributed by atoms with Gasteiger partial charge in [-0.1, -0.05) is 56.6 Å². The maximum atomic E-state index is 14.2. The fraction of sp³-hybridized carbons (Fsp3) is 0.500. The van der Waals surface area contributed by atoms with E-state index in [1.165, 1.54) is 0 Å². The highest BCUT2D eigenvalue weighted by molar-refractivity contribution is 6.31. The van der Waals surface area contributed by atoms with E-state index in [9.17, 15) is 19.5 Å². The van der Waals surface area contributed by atoms with E-state index in [-0.39, 0.29) is 42.2 Å². The summed E-state index contributed by atoms with van der Waals surface area (Å²) in [5.41, 5.74) is 2.89. The highest BCUT2D eigenvalue weighted by Crippen LogP contribution is 2.48. The first kappa shape index (κ1) is 27.3. The molecule has 2 amide bonds. The number of ether oxygens (including phenoxy) is 2. The molecule has 0 spiro atoms. The highest BCUT2D eigenvalue weighted by atomic mass is 35.5. The van der Waals surface area contributed by atoms with Gasteiger partial charge < -0.3 is 19.5 Å². The van der Waals surface area contributed by atoms with Gasteiger partial charge in [-0.3, -0.25) is 19.3 Å². The first-order chi connectivity index (χ1) is 18.5. The molecule has 3 aliphatic heterocycles. The van der Waals surface area contributed by atoms with Crippen molar-refractivity contribution in [1.29, 1.82) is 0 Å². The lowest BCUT2D eigenvalue weighted by molar-refractivity contribution is -0.154. The Bertz CT molecular complexity index is 1290. The summed E-state index contributed by atoms with van der Waals surface area (Å²) in [6, 6.07) is 7.24. The van der Waals surface area contributed by atoms with Crippen LogP contribution in [-0.2, 0) is 23.9 Å². The van der Waals surface area contributed by atoms with Gasteiger partial charge >= 0.3 is 5.97 Å². The number of likely N-dealkylation sites (tertiary alicyclic amines) is 1. The van der Waals surface area contributed by atoms with Crippen molar-refractivity contribution in [2.45, 2.75) is 65.0 Å². The van der Waals surface area contributed by atoms with E-state index < -0.39 is 18.0 Å². The maximum absolute atomic E-state index is 14.2. The van der Waals surface area contributed by atoms with Crippen LogP contribution >= 0.6 is 11.6 Å². The Morgan fingerprint density at radius 2 is 1.95 bits per heavy atom. The number of carbonyl (C=O) groups is 3. The van der Waals surface area contributed by atoms with Crippen LogP contribution in [0, 0.1) is 11.3 Å². The van der Waals surface area contributed by atoms with E-state index >= 15 is 0 Å². The van der Waals surface area contributed by atoms with Crippen LogP contribution in [0.25, 0.3) is 0 Å². The lowest BCUT2D eigenvalue weighted by Crippen LogP contribution is -2.56. The van der Waals surface area contributed by atoms with Crippen molar-refractivity contribution in [1.82, 2.24) is 9.80 Å². The zero-order valence-electron chi connectivity index (χ0n) is 22.8. The van der Waals surface area contributed by atoms with E-state index in [4.69, 9.17) is 21.1 Å². The van der Waals surface area contributed by atoms with Gasteiger partial charge in [-0.2, -0.15) is 0 Å². The molecule has 1 saturated heterocycles. The van der Waals surface area contributed by atoms with Gasteiger partial charge in [0.05, 0.1) is 36.3 Å². The maximum Gasteiger partial charge on any atom is 0.308 e. The van der Waals surface area contributed by atoms with Crippen LogP contribution in [0.5, 0.6) is 0 Å². The van der Waals surface area contributed by atoms with Gasteiger partial charge in [0.1, 0.15) is 12.4 Å². The SMILES string of the molecule is CC1=C[C@@H](c2ccccc2Cl)C2=C3C1=COC[C@@H](C(C)(C)C)N3C(=O)[C@@H](CC(=O)N1CCC[C@@H](C(=O)O)C1)O2. The molecule has 1 aromatic carbocycles. The number of carboxylic acids is 1. The van der Waals surface area contributed by atoms with Gasteiger partial charge in [0.15, 0.2) is 6.10 Å². The first-order valence-electron chi connectivity index (χ1n) is 13.5. The third-order valence-electron chi connectivity index (χ3n) is 8.13. The number of halogens is 1. The van der Waals surface area contributed by atoms with Crippen LogP contribution in [0.1, 0.15) is 58.4 Å². The van der Waals surface area contributed by atoms with Gasteiger partial charge in [-0.15, -0.1) is 0 Å². The number of nitrogens with zero attached hydrogens (tertiary/aromatic N) is 2. The van der Waals surface area contributed by atoms with E-state index in [0.29, 0.717) is 42.5 Å². The molecule has 4 atom stereocenters. The number of aliphatic carboxylic acids is 1. The summed E-state index contributed by atoms with van der Waals surface area (Å²) in [5.74, 6) is -1.87. The van der Waals surface area contributed by atoms with Crippen molar-refractivity contribution in [3.05, 3.63) is 69.8 Å². The molecule has 9 heteroatoms. The molecule has 1 N–H and O–H groups in total. The number of hydrogen-bond acceptors (Lipinski definition) is 5. The standard InChI is InChI=1S/C30H35ClN2O6/c1-17-12-20(19-9-5-6-10-22(19)31)27-26-21(17)15-38-16-24(30(2,3)4)33(26)28(35)23(39-27)13-25(34)32-11-7-8-18(14-32)29(36)37/h5-6,9-10,12,15,18,20,23-24H,7-8,11,13-14,16H2,1-4H3,(H,36,37)/t18-,20+,23-,24+/m1/s1. The van der Waals surface area contributed by atoms with Gasteiger partial charge in [0, 0.05) is 23.7 Å². The van der Waals surface area contributed by atoms with Crippen molar-refractivity contribution >= 4 is 29.4 Å².